The predicted octanol–water partition coefficient (Wildman–Crippen LogP) is 4.05. The van der Waals surface area contributed by atoms with Crippen molar-refractivity contribution in [2.24, 2.45) is 0 Å². The SMILES string of the molecule is COCCCNCc1ccc(OCc2cccc(Cl)c2)cc1. The minimum atomic E-state index is 0.523. The van der Waals surface area contributed by atoms with Crippen molar-refractivity contribution >= 4 is 11.6 Å². The maximum Gasteiger partial charge on any atom is 0.119 e. The van der Waals surface area contributed by atoms with Gasteiger partial charge in [-0.3, -0.25) is 0 Å². The molecule has 0 unspecified atom stereocenters. The fraction of sp³-hybridized carbons (Fsp3) is 0.333. The fourth-order valence-corrected chi connectivity index (χ4v) is 2.28. The van der Waals surface area contributed by atoms with E-state index in [-0.39, 0.29) is 0 Å². The first-order valence-corrected chi connectivity index (χ1v) is 7.81. The molecular formula is C18H22ClNO2. The Morgan fingerprint density at radius 2 is 1.86 bits per heavy atom. The van der Waals surface area contributed by atoms with Gasteiger partial charge in [0.25, 0.3) is 0 Å². The van der Waals surface area contributed by atoms with E-state index in [1.54, 1.807) is 7.11 Å². The summed E-state index contributed by atoms with van der Waals surface area (Å²) in [7, 11) is 1.72. The Morgan fingerprint density at radius 3 is 2.59 bits per heavy atom. The first-order chi connectivity index (χ1) is 10.8. The van der Waals surface area contributed by atoms with Gasteiger partial charge in [-0.2, -0.15) is 0 Å². The first kappa shape index (κ1) is 16.8. The lowest BCUT2D eigenvalue weighted by atomic mass is 10.2. The quantitative estimate of drug-likeness (QED) is 0.707. The summed E-state index contributed by atoms with van der Waals surface area (Å²) in [5.41, 5.74) is 2.31. The maximum absolute atomic E-state index is 5.96. The Bertz CT molecular complexity index is 557. The zero-order valence-electron chi connectivity index (χ0n) is 12.8. The van der Waals surface area contributed by atoms with Crippen LogP contribution in [0.1, 0.15) is 17.5 Å². The lowest BCUT2D eigenvalue weighted by Gasteiger charge is -2.08. The van der Waals surface area contributed by atoms with Crippen molar-refractivity contribution in [2.75, 3.05) is 20.3 Å². The molecule has 0 aromatic heterocycles. The molecule has 1 N–H and O–H groups in total. The molecule has 0 atom stereocenters. The van der Waals surface area contributed by atoms with E-state index in [4.69, 9.17) is 21.1 Å². The van der Waals surface area contributed by atoms with Crippen molar-refractivity contribution in [3.8, 4) is 5.75 Å². The summed E-state index contributed by atoms with van der Waals surface area (Å²) in [4.78, 5) is 0. The number of halogens is 1. The Labute approximate surface area is 137 Å². The highest BCUT2D eigenvalue weighted by molar-refractivity contribution is 6.30. The van der Waals surface area contributed by atoms with Crippen molar-refractivity contribution in [2.45, 2.75) is 19.6 Å². The van der Waals surface area contributed by atoms with Crippen molar-refractivity contribution in [3.63, 3.8) is 0 Å². The average molecular weight is 320 g/mol. The van der Waals surface area contributed by atoms with Gasteiger partial charge in [0.15, 0.2) is 0 Å². The van der Waals surface area contributed by atoms with Gasteiger partial charge >= 0.3 is 0 Å². The lowest BCUT2D eigenvalue weighted by molar-refractivity contribution is 0.194. The summed E-state index contributed by atoms with van der Waals surface area (Å²) in [6.07, 6.45) is 1.03. The van der Waals surface area contributed by atoms with Crippen molar-refractivity contribution in [1.82, 2.24) is 5.32 Å². The molecule has 0 bridgehead atoms. The summed E-state index contributed by atoms with van der Waals surface area (Å²) in [6.45, 7) is 3.14. The molecule has 0 spiro atoms. The highest BCUT2D eigenvalue weighted by Crippen LogP contribution is 2.16. The van der Waals surface area contributed by atoms with E-state index in [2.05, 4.69) is 17.4 Å². The number of hydrogen-bond acceptors (Lipinski definition) is 3. The molecule has 0 saturated heterocycles. The minimum Gasteiger partial charge on any atom is -0.489 e. The van der Waals surface area contributed by atoms with E-state index in [1.165, 1.54) is 5.56 Å². The maximum atomic E-state index is 5.96. The van der Waals surface area contributed by atoms with Crippen LogP contribution in [-0.2, 0) is 17.9 Å². The smallest absolute Gasteiger partial charge is 0.119 e. The van der Waals surface area contributed by atoms with E-state index in [9.17, 15) is 0 Å². The molecule has 2 aromatic carbocycles. The molecule has 0 heterocycles. The third-order valence-corrected chi connectivity index (χ3v) is 3.48. The van der Waals surface area contributed by atoms with Gasteiger partial charge in [0.05, 0.1) is 0 Å². The van der Waals surface area contributed by atoms with Crippen LogP contribution in [0.4, 0.5) is 0 Å². The monoisotopic (exact) mass is 319 g/mol. The van der Waals surface area contributed by atoms with Crippen molar-refractivity contribution < 1.29 is 9.47 Å². The van der Waals surface area contributed by atoms with Gasteiger partial charge in [0.1, 0.15) is 12.4 Å². The molecule has 4 heteroatoms. The van der Waals surface area contributed by atoms with Gasteiger partial charge in [-0.15, -0.1) is 0 Å². The minimum absolute atomic E-state index is 0.523. The molecule has 0 saturated carbocycles. The van der Waals surface area contributed by atoms with Crippen LogP contribution >= 0.6 is 11.6 Å². The lowest BCUT2D eigenvalue weighted by Crippen LogP contribution is -2.15. The van der Waals surface area contributed by atoms with E-state index in [0.29, 0.717) is 6.61 Å². The zero-order valence-corrected chi connectivity index (χ0v) is 13.6. The van der Waals surface area contributed by atoms with Gasteiger partial charge in [0, 0.05) is 25.3 Å². The molecule has 0 radical (unpaired) electrons. The van der Waals surface area contributed by atoms with Crippen LogP contribution in [-0.4, -0.2) is 20.3 Å². The molecule has 2 aromatic rings. The highest BCUT2D eigenvalue weighted by Gasteiger charge is 1.98. The van der Waals surface area contributed by atoms with Crippen molar-refractivity contribution in [3.05, 3.63) is 64.7 Å². The van der Waals surface area contributed by atoms with Crippen LogP contribution in [0.3, 0.4) is 0 Å². The third kappa shape index (κ3) is 6.06. The Hall–Kier alpha value is -1.55. The Kier molecular flexibility index (Phi) is 7.23. The largest absolute Gasteiger partial charge is 0.489 e. The number of rotatable bonds is 9. The predicted molar refractivity (Wildman–Crippen MR) is 90.4 cm³/mol. The summed E-state index contributed by atoms with van der Waals surface area (Å²) in [5.74, 6) is 0.864. The van der Waals surface area contributed by atoms with E-state index in [0.717, 1.165) is 42.5 Å². The molecule has 3 nitrogen and oxygen atoms in total. The van der Waals surface area contributed by atoms with Gasteiger partial charge < -0.3 is 14.8 Å². The summed E-state index contributed by atoms with van der Waals surface area (Å²) < 4.78 is 10.8. The van der Waals surface area contributed by atoms with Crippen LogP contribution in [0, 0.1) is 0 Å². The Balaban J connectivity index is 1.74. The van der Waals surface area contributed by atoms with Crippen molar-refractivity contribution in [1.29, 1.82) is 0 Å². The van der Waals surface area contributed by atoms with Gasteiger partial charge in [-0.1, -0.05) is 35.9 Å². The second-order valence-corrected chi connectivity index (χ2v) is 5.52. The van der Waals surface area contributed by atoms with Crippen LogP contribution in [0.2, 0.25) is 5.02 Å². The number of ether oxygens (including phenoxy) is 2. The number of benzene rings is 2. The second-order valence-electron chi connectivity index (χ2n) is 5.09. The molecule has 0 fully saturated rings. The molecule has 0 aliphatic rings. The molecular weight excluding hydrogens is 298 g/mol. The normalized spacial score (nSPS) is 10.6. The molecule has 118 valence electrons. The number of hydrogen-bond donors (Lipinski definition) is 1. The van der Waals surface area contributed by atoms with Crippen LogP contribution in [0.5, 0.6) is 5.75 Å². The summed E-state index contributed by atoms with van der Waals surface area (Å²) >= 11 is 5.96. The van der Waals surface area contributed by atoms with Crippen LogP contribution < -0.4 is 10.1 Å². The summed E-state index contributed by atoms with van der Waals surface area (Å²) in [5, 5.41) is 4.12. The Morgan fingerprint density at radius 1 is 1.05 bits per heavy atom. The van der Waals surface area contributed by atoms with E-state index in [1.807, 2.05) is 36.4 Å². The average Bonchev–Trinajstić information content (AvgIpc) is 2.54. The molecule has 0 aliphatic heterocycles. The highest BCUT2D eigenvalue weighted by atomic mass is 35.5. The second kappa shape index (κ2) is 9.46. The third-order valence-electron chi connectivity index (χ3n) is 3.25. The van der Waals surface area contributed by atoms with E-state index >= 15 is 0 Å². The van der Waals surface area contributed by atoms with Crippen LogP contribution in [0.25, 0.3) is 0 Å². The molecule has 2 rings (SSSR count). The van der Waals surface area contributed by atoms with Gasteiger partial charge in [0.2, 0.25) is 0 Å². The number of methoxy groups -OCH3 is 1. The zero-order chi connectivity index (χ0) is 15.6. The van der Waals surface area contributed by atoms with Crippen LogP contribution in [0.15, 0.2) is 48.5 Å². The topological polar surface area (TPSA) is 30.5 Å². The molecule has 0 aliphatic carbocycles. The van der Waals surface area contributed by atoms with E-state index < -0.39 is 0 Å². The fourth-order valence-electron chi connectivity index (χ4n) is 2.07. The van der Waals surface area contributed by atoms with Gasteiger partial charge in [-0.05, 0) is 48.4 Å². The molecule has 22 heavy (non-hydrogen) atoms. The molecule has 0 amide bonds. The number of nitrogens with one attached hydrogen (secondary N) is 1. The first-order valence-electron chi connectivity index (χ1n) is 7.44. The summed E-state index contributed by atoms with van der Waals surface area (Å²) in [6, 6.07) is 15.9. The van der Waals surface area contributed by atoms with Gasteiger partial charge in [-0.25, -0.2) is 0 Å². The standard InChI is InChI=1S/C18H22ClNO2/c1-21-11-3-10-20-13-15-6-8-18(9-7-15)22-14-16-4-2-5-17(19)12-16/h2,4-9,12,20H,3,10-11,13-14H2,1H3.